The van der Waals surface area contributed by atoms with Gasteiger partial charge in [-0.3, -0.25) is 0 Å². The first kappa shape index (κ1) is 16.6. The van der Waals surface area contributed by atoms with Crippen molar-refractivity contribution < 1.29 is 13.9 Å². The number of urea groups is 1. The van der Waals surface area contributed by atoms with E-state index >= 15 is 0 Å². The van der Waals surface area contributed by atoms with Gasteiger partial charge in [0.15, 0.2) is 0 Å². The number of fused-ring (bicyclic) bond motifs is 1. The second-order valence-corrected chi connectivity index (χ2v) is 6.02. The van der Waals surface area contributed by atoms with Crippen LogP contribution in [0.25, 0.3) is 0 Å². The smallest absolute Gasteiger partial charge is 0.319 e. The molecule has 0 saturated heterocycles. The molecular weight excluding hydrogens is 304 g/mol. The van der Waals surface area contributed by atoms with Gasteiger partial charge in [0.1, 0.15) is 12.4 Å². The number of rotatable bonds is 7. The SMILES string of the molecule is O=C(NCCCOCc1ccco1)Nc1cccc2c1CCCC2. The number of hydrogen-bond donors (Lipinski definition) is 2. The van der Waals surface area contributed by atoms with E-state index in [1.54, 1.807) is 6.26 Å². The maximum absolute atomic E-state index is 12.0. The second-order valence-electron chi connectivity index (χ2n) is 6.02. The van der Waals surface area contributed by atoms with E-state index in [1.165, 1.54) is 24.0 Å². The Morgan fingerprint density at radius 1 is 1.17 bits per heavy atom. The zero-order valence-electron chi connectivity index (χ0n) is 13.8. The van der Waals surface area contributed by atoms with Crippen LogP contribution in [0, 0.1) is 0 Å². The van der Waals surface area contributed by atoms with E-state index in [9.17, 15) is 4.79 Å². The maximum atomic E-state index is 12.0. The molecule has 3 rings (SSSR count). The Kier molecular flexibility index (Phi) is 5.90. The monoisotopic (exact) mass is 328 g/mol. The number of benzene rings is 1. The first-order valence-electron chi connectivity index (χ1n) is 8.58. The number of carbonyl (C=O) groups excluding carboxylic acids is 1. The minimum absolute atomic E-state index is 0.153. The molecule has 1 aromatic carbocycles. The summed E-state index contributed by atoms with van der Waals surface area (Å²) in [5.74, 6) is 0.814. The third-order valence-corrected chi connectivity index (χ3v) is 4.22. The molecule has 24 heavy (non-hydrogen) atoms. The van der Waals surface area contributed by atoms with Gasteiger partial charge in [0.05, 0.1) is 6.26 Å². The minimum Gasteiger partial charge on any atom is -0.467 e. The summed E-state index contributed by atoms with van der Waals surface area (Å²) in [5.41, 5.74) is 3.60. The molecule has 0 bridgehead atoms. The molecular formula is C19H24N2O3. The van der Waals surface area contributed by atoms with Crippen molar-refractivity contribution in [3.63, 3.8) is 0 Å². The molecule has 0 unspecified atom stereocenters. The highest BCUT2D eigenvalue weighted by atomic mass is 16.5. The van der Waals surface area contributed by atoms with Crippen LogP contribution in [0.4, 0.5) is 10.5 Å². The first-order chi connectivity index (χ1) is 11.8. The van der Waals surface area contributed by atoms with Crippen LogP contribution in [0.2, 0.25) is 0 Å². The molecule has 0 saturated carbocycles. The Hall–Kier alpha value is -2.27. The third-order valence-electron chi connectivity index (χ3n) is 4.22. The maximum Gasteiger partial charge on any atom is 0.319 e. The summed E-state index contributed by atoms with van der Waals surface area (Å²) < 4.78 is 10.7. The molecule has 1 aromatic heterocycles. The van der Waals surface area contributed by atoms with Gasteiger partial charge < -0.3 is 19.8 Å². The summed E-state index contributed by atoms with van der Waals surface area (Å²) in [6.45, 7) is 1.63. The Morgan fingerprint density at radius 3 is 2.96 bits per heavy atom. The van der Waals surface area contributed by atoms with Gasteiger partial charge in [0, 0.05) is 18.8 Å². The number of nitrogens with one attached hydrogen (secondary N) is 2. The predicted molar refractivity (Wildman–Crippen MR) is 93.1 cm³/mol. The molecule has 0 spiro atoms. The molecule has 128 valence electrons. The zero-order chi connectivity index (χ0) is 16.6. The van der Waals surface area contributed by atoms with Crippen LogP contribution in [0.5, 0.6) is 0 Å². The average molecular weight is 328 g/mol. The quantitative estimate of drug-likeness (QED) is 0.758. The summed E-state index contributed by atoms with van der Waals surface area (Å²) in [4.78, 5) is 12.0. The van der Waals surface area contributed by atoms with E-state index in [1.807, 2.05) is 24.3 Å². The molecule has 2 amide bonds. The highest BCUT2D eigenvalue weighted by Gasteiger charge is 2.14. The van der Waals surface area contributed by atoms with Crippen molar-refractivity contribution in [2.45, 2.75) is 38.7 Å². The molecule has 0 fully saturated rings. The van der Waals surface area contributed by atoms with Crippen LogP contribution in [-0.2, 0) is 24.2 Å². The normalized spacial score (nSPS) is 13.3. The lowest BCUT2D eigenvalue weighted by Crippen LogP contribution is -2.30. The lowest BCUT2D eigenvalue weighted by atomic mass is 9.90. The van der Waals surface area contributed by atoms with Crippen molar-refractivity contribution in [3.8, 4) is 0 Å². The van der Waals surface area contributed by atoms with Crippen molar-refractivity contribution in [2.24, 2.45) is 0 Å². The number of amides is 2. The standard InChI is InChI=1S/C19H24N2O3/c22-19(20-11-5-12-23-14-16-8-4-13-24-16)21-18-10-3-7-15-6-1-2-9-17(15)18/h3-4,7-8,10,13H,1-2,5-6,9,11-12,14H2,(H2,20,21,22). The lowest BCUT2D eigenvalue weighted by Gasteiger charge is -2.19. The van der Waals surface area contributed by atoms with Crippen LogP contribution in [0.15, 0.2) is 41.0 Å². The molecule has 0 aliphatic heterocycles. The molecule has 2 N–H and O–H groups in total. The molecule has 1 aliphatic rings. The highest BCUT2D eigenvalue weighted by Crippen LogP contribution is 2.27. The Morgan fingerprint density at radius 2 is 2.08 bits per heavy atom. The van der Waals surface area contributed by atoms with E-state index in [0.29, 0.717) is 19.8 Å². The van der Waals surface area contributed by atoms with E-state index in [2.05, 4.69) is 16.7 Å². The number of anilines is 1. The Labute approximate surface area is 142 Å². The second kappa shape index (κ2) is 8.55. The summed E-state index contributed by atoms with van der Waals surface area (Å²) in [7, 11) is 0. The number of ether oxygens (including phenoxy) is 1. The van der Waals surface area contributed by atoms with Crippen molar-refractivity contribution >= 4 is 11.7 Å². The van der Waals surface area contributed by atoms with Gasteiger partial charge in [-0.25, -0.2) is 4.79 Å². The Balaban J connectivity index is 1.35. The molecule has 5 nitrogen and oxygen atoms in total. The molecule has 5 heteroatoms. The average Bonchev–Trinajstić information content (AvgIpc) is 3.12. The van der Waals surface area contributed by atoms with Gasteiger partial charge in [-0.15, -0.1) is 0 Å². The van der Waals surface area contributed by atoms with Crippen LogP contribution in [0.3, 0.4) is 0 Å². The largest absolute Gasteiger partial charge is 0.467 e. The predicted octanol–water partition coefficient (Wildman–Crippen LogP) is 3.89. The zero-order valence-corrected chi connectivity index (χ0v) is 13.8. The lowest BCUT2D eigenvalue weighted by molar-refractivity contribution is 0.104. The fourth-order valence-corrected chi connectivity index (χ4v) is 3.01. The topological polar surface area (TPSA) is 63.5 Å². The molecule has 0 atom stereocenters. The van der Waals surface area contributed by atoms with Gasteiger partial charge in [0.25, 0.3) is 0 Å². The Bertz CT molecular complexity index is 653. The minimum atomic E-state index is -0.153. The summed E-state index contributed by atoms with van der Waals surface area (Å²) >= 11 is 0. The van der Waals surface area contributed by atoms with Crippen molar-refractivity contribution in [1.29, 1.82) is 0 Å². The molecule has 1 heterocycles. The highest BCUT2D eigenvalue weighted by molar-refractivity contribution is 5.90. The van der Waals surface area contributed by atoms with Gasteiger partial charge in [-0.2, -0.15) is 0 Å². The number of hydrogen-bond acceptors (Lipinski definition) is 3. The van der Waals surface area contributed by atoms with E-state index in [-0.39, 0.29) is 6.03 Å². The first-order valence-corrected chi connectivity index (χ1v) is 8.58. The van der Waals surface area contributed by atoms with Crippen LogP contribution in [0.1, 0.15) is 36.1 Å². The van der Waals surface area contributed by atoms with Crippen LogP contribution in [-0.4, -0.2) is 19.2 Å². The number of furan rings is 1. The fraction of sp³-hybridized carbons (Fsp3) is 0.421. The molecule has 1 aliphatic carbocycles. The van der Waals surface area contributed by atoms with Crippen LogP contribution < -0.4 is 10.6 Å². The molecule has 2 aromatic rings. The number of aryl methyl sites for hydroxylation is 1. The number of carbonyl (C=O) groups is 1. The van der Waals surface area contributed by atoms with Crippen LogP contribution >= 0.6 is 0 Å². The van der Waals surface area contributed by atoms with Gasteiger partial charge in [-0.05, 0) is 61.4 Å². The van der Waals surface area contributed by atoms with E-state index in [4.69, 9.17) is 9.15 Å². The van der Waals surface area contributed by atoms with Crippen molar-refractivity contribution in [2.75, 3.05) is 18.5 Å². The van der Waals surface area contributed by atoms with Gasteiger partial charge in [0.2, 0.25) is 0 Å². The van der Waals surface area contributed by atoms with E-state index < -0.39 is 0 Å². The summed E-state index contributed by atoms with van der Waals surface area (Å²) in [5, 5.41) is 5.86. The van der Waals surface area contributed by atoms with Crippen molar-refractivity contribution in [3.05, 3.63) is 53.5 Å². The van der Waals surface area contributed by atoms with Gasteiger partial charge >= 0.3 is 6.03 Å². The van der Waals surface area contributed by atoms with Crippen molar-refractivity contribution in [1.82, 2.24) is 5.32 Å². The fourth-order valence-electron chi connectivity index (χ4n) is 3.01. The molecule has 0 radical (unpaired) electrons. The summed E-state index contributed by atoms with van der Waals surface area (Å²) in [6, 6.07) is 9.73. The summed E-state index contributed by atoms with van der Waals surface area (Å²) in [6.07, 6.45) is 6.99. The third kappa shape index (κ3) is 4.61. The van der Waals surface area contributed by atoms with Gasteiger partial charge in [-0.1, -0.05) is 12.1 Å². The van der Waals surface area contributed by atoms with E-state index in [0.717, 1.165) is 30.7 Å².